The highest BCUT2D eigenvalue weighted by Gasteiger charge is 2.50. The molecule has 4 aromatic rings. The number of nitrogens with zero attached hydrogens (tertiary/aromatic N) is 6. The van der Waals surface area contributed by atoms with Gasteiger partial charge in [0.15, 0.2) is 17.5 Å². The zero-order valence-electron chi connectivity index (χ0n) is 18.6. The lowest BCUT2D eigenvalue weighted by Crippen LogP contribution is -2.41. The minimum absolute atomic E-state index is 0.109. The van der Waals surface area contributed by atoms with Crippen molar-refractivity contribution in [2.45, 2.75) is 50.0 Å². The highest BCUT2D eigenvalue weighted by molar-refractivity contribution is 5.62. The number of fused-ring (bicyclic) bond motifs is 2. The molecule has 0 aliphatic heterocycles. The normalized spacial score (nSPS) is 21.7. The van der Waals surface area contributed by atoms with Gasteiger partial charge in [-0.15, -0.1) is 10.2 Å². The molecule has 0 amide bonds. The molecule has 3 aliphatic carbocycles. The number of nitrogens with one attached hydrogen (secondary N) is 1. The van der Waals surface area contributed by atoms with E-state index in [-0.39, 0.29) is 40.3 Å². The molecule has 178 valence electrons. The van der Waals surface area contributed by atoms with Gasteiger partial charge in [0.05, 0.1) is 34.3 Å². The third-order valence-electron chi connectivity index (χ3n) is 7.07. The van der Waals surface area contributed by atoms with Crippen LogP contribution >= 0.6 is 0 Å². The van der Waals surface area contributed by atoms with Crippen molar-refractivity contribution in [2.75, 3.05) is 0 Å². The van der Waals surface area contributed by atoms with Crippen molar-refractivity contribution in [1.29, 1.82) is 0 Å². The minimum Gasteiger partial charge on any atom is -0.385 e. The maximum atomic E-state index is 15.2. The molecule has 1 atom stereocenters. The monoisotopic (exact) mass is 479 g/mol. The van der Waals surface area contributed by atoms with Gasteiger partial charge in [0.25, 0.3) is 0 Å². The fraction of sp³-hybridized carbons (Fsp3) is 0.333. The van der Waals surface area contributed by atoms with E-state index in [9.17, 15) is 13.9 Å². The molecule has 2 bridgehead atoms. The van der Waals surface area contributed by atoms with Gasteiger partial charge in [-0.2, -0.15) is 5.10 Å². The quantitative estimate of drug-likeness (QED) is 0.452. The van der Waals surface area contributed by atoms with Crippen LogP contribution in [0, 0.1) is 17.5 Å². The number of H-pyrrole nitrogens is 1. The number of aliphatic hydroxyl groups excluding tert-OH is 1. The summed E-state index contributed by atoms with van der Waals surface area (Å²) in [5.41, 5.74) is 0.580. The second kappa shape index (κ2) is 7.91. The summed E-state index contributed by atoms with van der Waals surface area (Å²) in [5, 5.41) is 24.9. The smallest absolute Gasteiger partial charge is 0.219 e. The van der Waals surface area contributed by atoms with Gasteiger partial charge in [0.2, 0.25) is 5.82 Å². The number of rotatable bonds is 4. The van der Waals surface area contributed by atoms with Crippen molar-refractivity contribution in [3.63, 3.8) is 0 Å². The van der Waals surface area contributed by atoms with E-state index >= 15 is 4.39 Å². The Balaban J connectivity index is 1.48. The van der Waals surface area contributed by atoms with Crippen LogP contribution < -0.4 is 0 Å². The second-order valence-corrected chi connectivity index (χ2v) is 9.10. The predicted molar refractivity (Wildman–Crippen MR) is 117 cm³/mol. The molecule has 11 heteroatoms. The Hall–Kier alpha value is -3.73. The number of aromatic nitrogens is 7. The molecule has 3 aromatic heterocycles. The van der Waals surface area contributed by atoms with Crippen molar-refractivity contribution >= 4 is 0 Å². The molecule has 0 radical (unpaired) electrons. The summed E-state index contributed by atoms with van der Waals surface area (Å²) in [6.45, 7) is 1.54. The molecule has 1 aromatic carbocycles. The minimum atomic E-state index is -0.862. The van der Waals surface area contributed by atoms with Crippen LogP contribution in [0.4, 0.5) is 13.2 Å². The first-order valence-corrected chi connectivity index (χ1v) is 11.3. The van der Waals surface area contributed by atoms with E-state index in [1.807, 2.05) is 0 Å². The van der Waals surface area contributed by atoms with E-state index in [1.54, 1.807) is 6.07 Å². The molecule has 0 unspecified atom stereocenters. The van der Waals surface area contributed by atoms with Gasteiger partial charge < -0.3 is 5.11 Å². The molecule has 35 heavy (non-hydrogen) atoms. The van der Waals surface area contributed by atoms with E-state index in [0.29, 0.717) is 18.5 Å². The molecule has 3 aliphatic rings. The molecule has 3 heterocycles. The van der Waals surface area contributed by atoms with Crippen LogP contribution in [0.25, 0.3) is 22.9 Å². The van der Waals surface area contributed by atoms with E-state index < -0.39 is 29.0 Å². The highest BCUT2D eigenvalue weighted by Crippen LogP contribution is 2.55. The Morgan fingerprint density at radius 2 is 1.74 bits per heavy atom. The number of halogens is 3. The van der Waals surface area contributed by atoms with Crippen LogP contribution in [0.15, 0.2) is 30.5 Å². The topological polar surface area (TPSA) is 113 Å². The summed E-state index contributed by atoms with van der Waals surface area (Å²) in [4.78, 5) is 12.8. The predicted octanol–water partition coefficient (Wildman–Crippen LogP) is 4.15. The van der Waals surface area contributed by atoms with Crippen molar-refractivity contribution in [1.82, 2.24) is 35.3 Å². The Kier molecular flexibility index (Phi) is 4.92. The third kappa shape index (κ3) is 3.33. The Morgan fingerprint density at radius 1 is 1.00 bits per heavy atom. The average molecular weight is 479 g/mol. The van der Waals surface area contributed by atoms with Crippen LogP contribution in [-0.4, -0.2) is 40.5 Å². The van der Waals surface area contributed by atoms with Crippen molar-refractivity contribution in [3.05, 3.63) is 70.7 Å². The first-order valence-electron chi connectivity index (χ1n) is 11.3. The van der Waals surface area contributed by atoms with Crippen LogP contribution in [0.2, 0.25) is 0 Å². The third-order valence-corrected chi connectivity index (χ3v) is 7.07. The lowest BCUT2D eigenvalue weighted by Gasteiger charge is -2.46. The number of aromatic amines is 1. The fourth-order valence-corrected chi connectivity index (χ4v) is 5.33. The summed E-state index contributed by atoms with van der Waals surface area (Å²) in [7, 11) is 0. The van der Waals surface area contributed by atoms with Gasteiger partial charge in [-0.05, 0) is 62.3 Å². The zero-order valence-corrected chi connectivity index (χ0v) is 18.6. The number of aliphatic hydroxyl groups is 1. The summed E-state index contributed by atoms with van der Waals surface area (Å²) < 4.78 is 44.0. The SMILES string of the molecule is C[C@H](O)c1nc(-c2ncc(F)c(C34CCC(CC3)c3cc(-c5c(F)cccc5F)nnc34)n2)n[nH]1. The largest absolute Gasteiger partial charge is 0.385 e. The summed E-state index contributed by atoms with van der Waals surface area (Å²) in [6, 6.07) is 5.32. The average Bonchev–Trinajstić information content (AvgIpc) is 3.36. The Morgan fingerprint density at radius 3 is 2.43 bits per heavy atom. The van der Waals surface area contributed by atoms with Crippen LogP contribution in [0.5, 0.6) is 0 Å². The molecular formula is C24H20F3N7O. The van der Waals surface area contributed by atoms with E-state index in [1.165, 1.54) is 25.1 Å². The van der Waals surface area contributed by atoms with Gasteiger partial charge in [-0.1, -0.05) is 6.07 Å². The second-order valence-electron chi connectivity index (χ2n) is 9.10. The molecule has 7 rings (SSSR count). The summed E-state index contributed by atoms with van der Waals surface area (Å²) >= 11 is 0. The van der Waals surface area contributed by atoms with Gasteiger partial charge in [0.1, 0.15) is 17.7 Å². The highest BCUT2D eigenvalue weighted by atomic mass is 19.1. The molecular weight excluding hydrogens is 459 g/mol. The Labute approximate surface area is 197 Å². The molecule has 2 N–H and O–H groups in total. The first kappa shape index (κ1) is 21.8. The van der Waals surface area contributed by atoms with Crippen molar-refractivity contribution in [3.8, 4) is 22.9 Å². The maximum absolute atomic E-state index is 15.2. The van der Waals surface area contributed by atoms with Crippen molar-refractivity contribution < 1.29 is 18.3 Å². The Bertz CT molecular complexity index is 1430. The first-order chi connectivity index (χ1) is 16.9. The standard InChI is InChI=1S/C24H20F3N7O/c1-11(35)21-30-23(34-33-21)22-28-10-16(27)20(29-22)24-7-5-12(6-8-24)13-9-17(31-32-19(13)24)18-14(25)3-2-4-15(18)26/h2-4,9-12,35H,5-8H2,1H3,(H,30,33,34)/t11-,12?,24?/m0/s1. The van der Waals surface area contributed by atoms with E-state index in [2.05, 4.69) is 35.3 Å². The van der Waals surface area contributed by atoms with Gasteiger partial charge in [0, 0.05) is 0 Å². The maximum Gasteiger partial charge on any atom is 0.219 e. The molecule has 1 fully saturated rings. The lowest BCUT2D eigenvalue weighted by atomic mass is 9.58. The molecule has 0 spiro atoms. The lowest BCUT2D eigenvalue weighted by molar-refractivity contribution is 0.189. The summed E-state index contributed by atoms with van der Waals surface area (Å²) in [6.07, 6.45) is 2.94. The number of benzene rings is 1. The van der Waals surface area contributed by atoms with Gasteiger partial charge >= 0.3 is 0 Å². The van der Waals surface area contributed by atoms with Crippen LogP contribution in [0.3, 0.4) is 0 Å². The van der Waals surface area contributed by atoms with Crippen LogP contribution in [-0.2, 0) is 5.41 Å². The van der Waals surface area contributed by atoms with Crippen LogP contribution in [0.1, 0.15) is 67.4 Å². The molecule has 8 nitrogen and oxygen atoms in total. The van der Waals surface area contributed by atoms with E-state index in [0.717, 1.165) is 24.6 Å². The zero-order chi connectivity index (χ0) is 24.3. The van der Waals surface area contributed by atoms with Gasteiger partial charge in [-0.3, -0.25) is 5.10 Å². The van der Waals surface area contributed by atoms with E-state index in [4.69, 9.17) is 0 Å². The number of hydrogen-bond acceptors (Lipinski definition) is 7. The fourth-order valence-electron chi connectivity index (χ4n) is 5.33. The molecule has 1 saturated carbocycles. The summed E-state index contributed by atoms with van der Waals surface area (Å²) in [5.74, 6) is -1.38. The van der Waals surface area contributed by atoms with Crippen molar-refractivity contribution in [2.24, 2.45) is 0 Å². The number of hydrogen-bond donors (Lipinski definition) is 2. The molecule has 0 saturated heterocycles. The van der Waals surface area contributed by atoms with Gasteiger partial charge in [-0.25, -0.2) is 28.1 Å².